The summed E-state index contributed by atoms with van der Waals surface area (Å²) in [5.41, 5.74) is 2.26. The highest BCUT2D eigenvalue weighted by atomic mass is 16.5. The molecule has 1 heterocycles. The van der Waals surface area contributed by atoms with Crippen molar-refractivity contribution < 1.29 is 14.3 Å². The van der Waals surface area contributed by atoms with E-state index in [1.807, 2.05) is 31.2 Å². The molecule has 0 aliphatic carbocycles. The predicted molar refractivity (Wildman–Crippen MR) is 79.6 cm³/mol. The fourth-order valence-corrected chi connectivity index (χ4v) is 2.50. The smallest absolute Gasteiger partial charge is 0.225 e. The molecule has 0 aromatic heterocycles. The van der Waals surface area contributed by atoms with Gasteiger partial charge in [0.05, 0.1) is 12.5 Å². The van der Waals surface area contributed by atoms with Crippen molar-refractivity contribution in [1.82, 2.24) is 10.2 Å². The van der Waals surface area contributed by atoms with Crippen LogP contribution < -0.4 is 5.32 Å². The van der Waals surface area contributed by atoms with Gasteiger partial charge in [-0.25, -0.2) is 0 Å². The lowest BCUT2D eigenvalue weighted by atomic mass is 10.1. The third-order valence-electron chi connectivity index (χ3n) is 3.86. The molecule has 5 nitrogen and oxygen atoms in total. The van der Waals surface area contributed by atoms with Crippen LogP contribution in [0.1, 0.15) is 17.5 Å². The highest BCUT2D eigenvalue weighted by molar-refractivity contribution is 5.89. The molecule has 1 atom stereocenters. The topological polar surface area (TPSA) is 58.6 Å². The number of nitrogens with zero attached hydrogens (tertiary/aromatic N) is 1. The molecule has 0 bridgehead atoms. The highest BCUT2D eigenvalue weighted by Crippen LogP contribution is 2.18. The van der Waals surface area contributed by atoms with Crippen LogP contribution in [0.5, 0.6) is 0 Å². The third-order valence-corrected chi connectivity index (χ3v) is 3.86. The molecule has 1 unspecified atom stereocenters. The number of carbonyl (C=O) groups excluding carboxylic acids is 2. The summed E-state index contributed by atoms with van der Waals surface area (Å²) in [7, 11) is 1.60. The van der Waals surface area contributed by atoms with Crippen molar-refractivity contribution >= 4 is 11.8 Å². The highest BCUT2D eigenvalue weighted by Gasteiger charge is 2.33. The number of carbonyl (C=O) groups is 2. The van der Waals surface area contributed by atoms with Crippen LogP contribution in [0.4, 0.5) is 0 Å². The summed E-state index contributed by atoms with van der Waals surface area (Å²) in [5, 5.41) is 2.93. The van der Waals surface area contributed by atoms with Gasteiger partial charge in [-0.3, -0.25) is 9.59 Å². The Morgan fingerprint density at radius 2 is 2.19 bits per heavy atom. The lowest BCUT2D eigenvalue weighted by Crippen LogP contribution is -2.33. The van der Waals surface area contributed by atoms with Crippen LogP contribution in [-0.2, 0) is 20.9 Å². The molecule has 1 aliphatic heterocycles. The Labute approximate surface area is 125 Å². The van der Waals surface area contributed by atoms with Crippen molar-refractivity contribution in [3.8, 4) is 0 Å². The standard InChI is InChI=1S/C16H22N2O3/c1-12-5-3-4-6-13(12)10-17-16(20)14-9-15(19)18(11-14)7-8-21-2/h3-6,14H,7-11H2,1-2H3,(H,17,20). The van der Waals surface area contributed by atoms with E-state index in [4.69, 9.17) is 4.74 Å². The Balaban J connectivity index is 1.84. The lowest BCUT2D eigenvalue weighted by Gasteiger charge is -2.16. The summed E-state index contributed by atoms with van der Waals surface area (Å²) >= 11 is 0. The second-order valence-corrected chi connectivity index (χ2v) is 5.38. The number of ether oxygens (including phenoxy) is 1. The van der Waals surface area contributed by atoms with E-state index in [-0.39, 0.29) is 17.7 Å². The summed E-state index contributed by atoms with van der Waals surface area (Å²) in [6, 6.07) is 7.96. The molecule has 1 N–H and O–H groups in total. The Morgan fingerprint density at radius 3 is 2.90 bits per heavy atom. The van der Waals surface area contributed by atoms with Gasteiger partial charge in [-0.05, 0) is 18.1 Å². The molecule has 2 rings (SSSR count). The first-order valence-corrected chi connectivity index (χ1v) is 7.20. The monoisotopic (exact) mass is 290 g/mol. The van der Waals surface area contributed by atoms with E-state index in [2.05, 4.69) is 5.32 Å². The van der Waals surface area contributed by atoms with Gasteiger partial charge in [-0.15, -0.1) is 0 Å². The van der Waals surface area contributed by atoms with E-state index in [9.17, 15) is 9.59 Å². The molecule has 5 heteroatoms. The quantitative estimate of drug-likeness (QED) is 0.853. The van der Waals surface area contributed by atoms with E-state index in [1.54, 1.807) is 12.0 Å². The van der Waals surface area contributed by atoms with Crippen LogP contribution in [0.25, 0.3) is 0 Å². The number of methoxy groups -OCH3 is 1. The van der Waals surface area contributed by atoms with Crippen LogP contribution in [-0.4, -0.2) is 43.5 Å². The Bertz CT molecular complexity index is 516. The number of aryl methyl sites for hydroxylation is 1. The zero-order valence-corrected chi connectivity index (χ0v) is 12.6. The SMILES string of the molecule is COCCN1CC(C(=O)NCc2ccccc2C)CC1=O. The molecule has 1 saturated heterocycles. The molecule has 1 aliphatic rings. The van der Waals surface area contributed by atoms with Crippen LogP contribution in [0.3, 0.4) is 0 Å². The van der Waals surface area contributed by atoms with E-state index < -0.39 is 0 Å². The average molecular weight is 290 g/mol. The molecular formula is C16H22N2O3. The van der Waals surface area contributed by atoms with E-state index >= 15 is 0 Å². The third kappa shape index (κ3) is 4.04. The number of rotatable bonds is 6. The van der Waals surface area contributed by atoms with E-state index in [1.165, 1.54) is 0 Å². The number of hydrogen-bond donors (Lipinski definition) is 1. The van der Waals surface area contributed by atoms with Crippen molar-refractivity contribution in [2.45, 2.75) is 19.9 Å². The van der Waals surface area contributed by atoms with Crippen molar-refractivity contribution in [2.24, 2.45) is 5.92 Å². The maximum atomic E-state index is 12.2. The van der Waals surface area contributed by atoms with Gasteiger partial charge in [0.1, 0.15) is 0 Å². The zero-order valence-electron chi connectivity index (χ0n) is 12.6. The van der Waals surface area contributed by atoms with Crippen LogP contribution in [0.15, 0.2) is 24.3 Å². The summed E-state index contributed by atoms with van der Waals surface area (Å²) in [6.07, 6.45) is 0.295. The maximum absolute atomic E-state index is 12.2. The molecule has 0 saturated carbocycles. The fraction of sp³-hybridized carbons (Fsp3) is 0.500. The van der Waals surface area contributed by atoms with Crippen LogP contribution in [0.2, 0.25) is 0 Å². The second kappa shape index (κ2) is 7.22. The van der Waals surface area contributed by atoms with Crippen molar-refractivity contribution in [2.75, 3.05) is 26.8 Å². The van der Waals surface area contributed by atoms with Gasteiger partial charge in [0, 0.05) is 33.2 Å². The minimum absolute atomic E-state index is 0.0306. The minimum atomic E-state index is -0.252. The molecule has 114 valence electrons. The fourth-order valence-electron chi connectivity index (χ4n) is 2.50. The normalized spacial score (nSPS) is 18.1. The van der Waals surface area contributed by atoms with Crippen molar-refractivity contribution in [3.63, 3.8) is 0 Å². The molecule has 21 heavy (non-hydrogen) atoms. The van der Waals surface area contributed by atoms with Gasteiger partial charge in [0.25, 0.3) is 0 Å². The maximum Gasteiger partial charge on any atom is 0.225 e. The molecule has 0 radical (unpaired) electrons. The van der Waals surface area contributed by atoms with Gasteiger partial charge >= 0.3 is 0 Å². The van der Waals surface area contributed by atoms with E-state index in [0.717, 1.165) is 11.1 Å². The van der Waals surface area contributed by atoms with Gasteiger partial charge in [-0.2, -0.15) is 0 Å². The number of likely N-dealkylation sites (tertiary alicyclic amines) is 1. The predicted octanol–water partition coefficient (Wildman–Crippen LogP) is 1.11. The first-order valence-electron chi connectivity index (χ1n) is 7.20. The Morgan fingerprint density at radius 1 is 1.43 bits per heavy atom. The Kier molecular flexibility index (Phi) is 5.33. The zero-order chi connectivity index (χ0) is 15.2. The second-order valence-electron chi connectivity index (χ2n) is 5.38. The van der Waals surface area contributed by atoms with E-state index in [0.29, 0.717) is 32.7 Å². The first-order chi connectivity index (χ1) is 10.1. The number of benzene rings is 1. The number of hydrogen-bond acceptors (Lipinski definition) is 3. The molecular weight excluding hydrogens is 268 g/mol. The summed E-state index contributed by atoms with van der Waals surface area (Å²) in [4.78, 5) is 25.7. The molecule has 1 aromatic rings. The van der Waals surface area contributed by atoms with Crippen molar-refractivity contribution in [1.29, 1.82) is 0 Å². The summed E-state index contributed by atoms with van der Waals surface area (Å²) in [5.74, 6) is -0.270. The first kappa shape index (κ1) is 15.5. The molecule has 1 aromatic carbocycles. The molecule has 1 fully saturated rings. The van der Waals surface area contributed by atoms with Crippen molar-refractivity contribution in [3.05, 3.63) is 35.4 Å². The Hall–Kier alpha value is -1.88. The van der Waals surface area contributed by atoms with Crippen LogP contribution >= 0.6 is 0 Å². The van der Waals surface area contributed by atoms with Gasteiger partial charge in [-0.1, -0.05) is 24.3 Å². The number of amides is 2. The summed E-state index contributed by atoms with van der Waals surface area (Å²) in [6.45, 7) is 4.07. The molecule has 0 spiro atoms. The van der Waals surface area contributed by atoms with Gasteiger partial charge in [0.2, 0.25) is 11.8 Å². The van der Waals surface area contributed by atoms with Gasteiger partial charge in [0.15, 0.2) is 0 Å². The van der Waals surface area contributed by atoms with Gasteiger partial charge < -0.3 is 15.0 Å². The molecule has 2 amide bonds. The lowest BCUT2D eigenvalue weighted by molar-refractivity contribution is -0.129. The van der Waals surface area contributed by atoms with Crippen LogP contribution in [0, 0.1) is 12.8 Å². The average Bonchev–Trinajstić information content (AvgIpc) is 2.85. The minimum Gasteiger partial charge on any atom is -0.383 e. The number of nitrogens with one attached hydrogen (secondary N) is 1. The largest absolute Gasteiger partial charge is 0.383 e. The summed E-state index contributed by atoms with van der Waals surface area (Å²) < 4.78 is 4.97.